The molecule has 0 aromatic heterocycles. The molecule has 1 aromatic rings. The number of likely N-dealkylation sites (N-methyl/N-ethyl adjacent to an activating group) is 1. The van der Waals surface area contributed by atoms with Gasteiger partial charge in [0.05, 0.1) is 5.60 Å². The molecule has 17 heavy (non-hydrogen) atoms. The number of nitrogens with one attached hydrogen (secondary N) is 1. The number of ether oxygens (including phenoxy) is 1. The van der Waals surface area contributed by atoms with Crippen molar-refractivity contribution >= 4 is 0 Å². The molecule has 0 bridgehead atoms. The zero-order chi connectivity index (χ0) is 13.1. The zero-order valence-corrected chi connectivity index (χ0v) is 9.51. The fourth-order valence-corrected chi connectivity index (χ4v) is 1.47. The van der Waals surface area contributed by atoms with Crippen molar-refractivity contribution in [2.45, 2.75) is 18.9 Å². The van der Waals surface area contributed by atoms with E-state index in [1.54, 1.807) is 13.1 Å². The van der Waals surface area contributed by atoms with Gasteiger partial charge >= 0.3 is 6.36 Å². The largest absolute Gasteiger partial charge is 0.573 e. The standard InChI is InChI=1S/C11H14F3NO2/c1-10(16,7-15-2)8-4-3-5-9(6-8)17-11(12,13)14/h3-6,15-16H,7H2,1-2H3. The van der Waals surface area contributed by atoms with Crippen LogP contribution in [0.4, 0.5) is 13.2 Å². The molecule has 1 aromatic carbocycles. The summed E-state index contributed by atoms with van der Waals surface area (Å²) < 4.78 is 39.8. The van der Waals surface area contributed by atoms with Crippen molar-refractivity contribution in [3.05, 3.63) is 29.8 Å². The number of rotatable bonds is 4. The van der Waals surface area contributed by atoms with Crippen LogP contribution in [0.2, 0.25) is 0 Å². The highest BCUT2D eigenvalue weighted by molar-refractivity contribution is 5.32. The lowest BCUT2D eigenvalue weighted by Gasteiger charge is -2.24. The molecule has 0 heterocycles. The van der Waals surface area contributed by atoms with Crippen LogP contribution in [0.15, 0.2) is 24.3 Å². The Kier molecular flexibility index (Phi) is 4.00. The van der Waals surface area contributed by atoms with Crippen molar-refractivity contribution in [2.75, 3.05) is 13.6 Å². The first-order valence-electron chi connectivity index (χ1n) is 4.98. The van der Waals surface area contributed by atoms with E-state index in [4.69, 9.17) is 0 Å². The highest BCUT2D eigenvalue weighted by Gasteiger charge is 2.31. The second-order valence-electron chi connectivity index (χ2n) is 3.88. The van der Waals surface area contributed by atoms with E-state index in [-0.39, 0.29) is 12.3 Å². The summed E-state index contributed by atoms with van der Waals surface area (Å²) in [4.78, 5) is 0. The Labute approximate surface area is 97.2 Å². The van der Waals surface area contributed by atoms with E-state index >= 15 is 0 Å². The zero-order valence-electron chi connectivity index (χ0n) is 9.51. The molecule has 0 aliphatic carbocycles. The third-order valence-corrected chi connectivity index (χ3v) is 2.21. The Balaban J connectivity index is 2.93. The molecule has 0 fully saturated rings. The van der Waals surface area contributed by atoms with Gasteiger partial charge in [0.15, 0.2) is 0 Å². The number of halogens is 3. The van der Waals surface area contributed by atoms with Gasteiger partial charge < -0.3 is 15.2 Å². The normalized spacial score (nSPS) is 15.4. The number of aliphatic hydroxyl groups is 1. The number of alkyl halides is 3. The van der Waals surface area contributed by atoms with Crippen LogP contribution in [0.5, 0.6) is 5.75 Å². The van der Waals surface area contributed by atoms with Gasteiger partial charge in [-0.15, -0.1) is 13.2 Å². The molecule has 2 N–H and O–H groups in total. The van der Waals surface area contributed by atoms with Crippen molar-refractivity contribution in [1.29, 1.82) is 0 Å². The van der Waals surface area contributed by atoms with Crippen molar-refractivity contribution in [1.82, 2.24) is 5.32 Å². The van der Waals surface area contributed by atoms with E-state index in [9.17, 15) is 18.3 Å². The third-order valence-electron chi connectivity index (χ3n) is 2.21. The van der Waals surface area contributed by atoms with Crippen molar-refractivity contribution in [2.24, 2.45) is 0 Å². The quantitative estimate of drug-likeness (QED) is 0.857. The summed E-state index contributed by atoms with van der Waals surface area (Å²) in [6, 6.07) is 5.30. The van der Waals surface area contributed by atoms with Gasteiger partial charge in [-0.1, -0.05) is 12.1 Å². The number of hydrogen-bond acceptors (Lipinski definition) is 3. The monoisotopic (exact) mass is 249 g/mol. The molecule has 0 aliphatic heterocycles. The first-order chi connectivity index (χ1) is 7.74. The SMILES string of the molecule is CNCC(C)(O)c1cccc(OC(F)(F)F)c1. The molecule has 0 amide bonds. The second-order valence-corrected chi connectivity index (χ2v) is 3.88. The van der Waals surface area contributed by atoms with E-state index in [0.29, 0.717) is 5.56 Å². The maximum absolute atomic E-state index is 12.0. The van der Waals surface area contributed by atoms with Gasteiger partial charge in [0.1, 0.15) is 5.75 Å². The Morgan fingerprint density at radius 2 is 2.00 bits per heavy atom. The van der Waals surface area contributed by atoms with Crippen LogP contribution in [-0.4, -0.2) is 25.1 Å². The van der Waals surface area contributed by atoms with E-state index in [2.05, 4.69) is 10.1 Å². The Bertz CT molecular complexity index is 377. The first-order valence-corrected chi connectivity index (χ1v) is 4.98. The highest BCUT2D eigenvalue weighted by atomic mass is 19.4. The summed E-state index contributed by atoms with van der Waals surface area (Å²) in [6.45, 7) is 1.73. The second kappa shape index (κ2) is 4.93. The van der Waals surface area contributed by atoms with Crippen LogP contribution in [0.25, 0.3) is 0 Å². The minimum atomic E-state index is -4.73. The van der Waals surface area contributed by atoms with E-state index < -0.39 is 12.0 Å². The molecular formula is C11H14F3NO2. The van der Waals surface area contributed by atoms with Crippen molar-refractivity contribution < 1.29 is 23.0 Å². The fourth-order valence-electron chi connectivity index (χ4n) is 1.47. The van der Waals surface area contributed by atoms with Crippen molar-refractivity contribution in [3.63, 3.8) is 0 Å². The minimum Gasteiger partial charge on any atom is -0.406 e. The average molecular weight is 249 g/mol. The predicted molar refractivity (Wildman–Crippen MR) is 56.6 cm³/mol. The lowest BCUT2D eigenvalue weighted by atomic mass is 9.96. The number of hydrogen-bond donors (Lipinski definition) is 2. The summed E-state index contributed by atoms with van der Waals surface area (Å²) in [5.74, 6) is -0.341. The number of benzene rings is 1. The average Bonchev–Trinajstić information content (AvgIpc) is 2.15. The van der Waals surface area contributed by atoms with E-state index in [1.165, 1.54) is 25.1 Å². The van der Waals surface area contributed by atoms with Crippen LogP contribution in [-0.2, 0) is 5.60 Å². The Morgan fingerprint density at radius 3 is 2.53 bits per heavy atom. The molecule has 0 spiro atoms. The summed E-state index contributed by atoms with van der Waals surface area (Å²) in [5.41, 5.74) is -0.895. The molecule has 1 rings (SSSR count). The lowest BCUT2D eigenvalue weighted by molar-refractivity contribution is -0.274. The molecule has 0 aliphatic rings. The molecule has 96 valence electrons. The van der Waals surface area contributed by atoms with Crippen LogP contribution >= 0.6 is 0 Å². The summed E-state index contributed by atoms with van der Waals surface area (Å²) in [6.07, 6.45) is -4.73. The Hall–Kier alpha value is -1.27. The van der Waals surface area contributed by atoms with Crippen LogP contribution < -0.4 is 10.1 Å². The van der Waals surface area contributed by atoms with E-state index in [0.717, 1.165) is 0 Å². The first kappa shape index (κ1) is 13.8. The smallest absolute Gasteiger partial charge is 0.406 e. The van der Waals surface area contributed by atoms with Gasteiger partial charge in [-0.05, 0) is 31.7 Å². The van der Waals surface area contributed by atoms with Gasteiger partial charge in [-0.3, -0.25) is 0 Å². The molecule has 1 unspecified atom stereocenters. The lowest BCUT2D eigenvalue weighted by Crippen LogP contribution is -2.33. The van der Waals surface area contributed by atoms with Crippen molar-refractivity contribution in [3.8, 4) is 5.75 Å². The van der Waals surface area contributed by atoms with Gasteiger partial charge in [-0.25, -0.2) is 0 Å². The Morgan fingerprint density at radius 1 is 1.35 bits per heavy atom. The molecule has 6 heteroatoms. The van der Waals surface area contributed by atoms with E-state index in [1.807, 2.05) is 0 Å². The molecule has 3 nitrogen and oxygen atoms in total. The molecule has 0 radical (unpaired) electrons. The molecule has 0 saturated carbocycles. The highest BCUT2D eigenvalue weighted by Crippen LogP contribution is 2.27. The summed E-state index contributed by atoms with van der Waals surface area (Å²) >= 11 is 0. The van der Waals surface area contributed by atoms with Crippen LogP contribution in [0.1, 0.15) is 12.5 Å². The summed E-state index contributed by atoms with van der Waals surface area (Å²) in [7, 11) is 1.64. The van der Waals surface area contributed by atoms with Crippen LogP contribution in [0, 0.1) is 0 Å². The molecule has 1 atom stereocenters. The van der Waals surface area contributed by atoms with Gasteiger partial charge in [0.25, 0.3) is 0 Å². The van der Waals surface area contributed by atoms with Gasteiger partial charge in [0.2, 0.25) is 0 Å². The molecule has 0 saturated heterocycles. The third kappa shape index (κ3) is 4.24. The summed E-state index contributed by atoms with van der Waals surface area (Å²) in [5, 5.41) is 12.8. The fraction of sp³-hybridized carbons (Fsp3) is 0.455. The maximum atomic E-state index is 12.0. The maximum Gasteiger partial charge on any atom is 0.573 e. The van der Waals surface area contributed by atoms with Gasteiger partial charge in [0, 0.05) is 6.54 Å². The minimum absolute atomic E-state index is 0.225. The van der Waals surface area contributed by atoms with Gasteiger partial charge in [-0.2, -0.15) is 0 Å². The van der Waals surface area contributed by atoms with Crippen LogP contribution in [0.3, 0.4) is 0 Å². The molecular weight excluding hydrogens is 235 g/mol. The topological polar surface area (TPSA) is 41.5 Å². The predicted octanol–water partition coefficient (Wildman–Crippen LogP) is 2.01.